The Labute approximate surface area is 400 Å². The summed E-state index contributed by atoms with van der Waals surface area (Å²) in [7, 11) is -1.54. The largest absolute Gasteiger partial charge is 0.494 e. The number of benzene rings is 2. The summed E-state index contributed by atoms with van der Waals surface area (Å²) in [5.41, 5.74) is 2.01. The molecule has 70 heavy (non-hydrogen) atoms. The third kappa shape index (κ3) is 11.3. The van der Waals surface area contributed by atoms with E-state index in [1.54, 1.807) is 71.5 Å². The Morgan fingerprint density at radius 1 is 0.500 bits per heavy atom. The molecule has 0 amide bonds. The van der Waals surface area contributed by atoms with Crippen LogP contribution in [0.3, 0.4) is 0 Å². The van der Waals surface area contributed by atoms with Crippen molar-refractivity contribution >= 4 is 19.7 Å². The number of sulfone groups is 2. The molecule has 2 atom stereocenters. The molecule has 2 aromatic carbocycles. The van der Waals surface area contributed by atoms with Crippen LogP contribution in [0.25, 0.3) is 34.2 Å². The lowest BCUT2D eigenvalue weighted by Crippen LogP contribution is -2.24. The summed E-state index contributed by atoms with van der Waals surface area (Å²) >= 11 is 0. The quantitative estimate of drug-likeness (QED) is 0.115. The monoisotopic (exact) mass is 998 g/mol. The zero-order chi connectivity index (χ0) is 50.0. The van der Waals surface area contributed by atoms with Gasteiger partial charge in [0.2, 0.25) is 0 Å². The molecule has 22 nitrogen and oxygen atoms in total. The van der Waals surface area contributed by atoms with E-state index in [2.05, 4.69) is 60.7 Å². The molecule has 0 saturated heterocycles. The first kappa shape index (κ1) is 49.9. The average Bonchev–Trinajstić information content (AvgIpc) is 3.98. The van der Waals surface area contributed by atoms with E-state index in [1.807, 2.05) is 0 Å². The Morgan fingerprint density at radius 2 is 0.843 bits per heavy atom. The maximum absolute atomic E-state index is 13.3. The number of aromatic nitrogens is 14. The number of rotatable bonds is 18. The van der Waals surface area contributed by atoms with Crippen molar-refractivity contribution in [2.24, 2.45) is 0 Å². The van der Waals surface area contributed by atoms with Crippen molar-refractivity contribution in [3.8, 4) is 57.1 Å². The standard InChI is InChI=1S/2C22H22FN7O4S/c2*1-14(9-19-24-11-16(23)12-25-19)35(31,32)13-20-28-29-22(15-7-8-26-27-10-15)30(20)21-17(33-2)5-4-6-18(21)34-3/h2*4-8,10-12,14H,9,13H2,1-3H3/t2*14-/m10/s1. The maximum atomic E-state index is 13.3. The van der Waals surface area contributed by atoms with Crippen molar-refractivity contribution in [3.05, 3.63) is 133 Å². The van der Waals surface area contributed by atoms with Gasteiger partial charge in [-0.1, -0.05) is 12.1 Å². The van der Waals surface area contributed by atoms with Gasteiger partial charge in [0, 0.05) is 24.0 Å². The number of ether oxygens (including phenoxy) is 4. The molecule has 6 heterocycles. The zero-order valence-electron chi connectivity index (χ0n) is 38.3. The number of methoxy groups -OCH3 is 4. The van der Waals surface area contributed by atoms with Gasteiger partial charge in [-0.3, -0.25) is 9.13 Å². The predicted octanol–water partition coefficient (Wildman–Crippen LogP) is 4.43. The van der Waals surface area contributed by atoms with E-state index in [9.17, 15) is 25.6 Å². The van der Waals surface area contributed by atoms with Crippen LogP contribution >= 0.6 is 0 Å². The van der Waals surface area contributed by atoms with Crippen molar-refractivity contribution < 1.29 is 44.6 Å². The molecule has 0 N–H and O–H groups in total. The van der Waals surface area contributed by atoms with Gasteiger partial charge in [0.1, 0.15) is 57.5 Å². The zero-order valence-corrected chi connectivity index (χ0v) is 40.0. The van der Waals surface area contributed by atoms with Crippen LogP contribution in [0.5, 0.6) is 23.0 Å². The molecule has 0 unspecified atom stereocenters. The van der Waals surface area contributed by atoms with Gasteiger partial charge < -0.3 is 18.9 Å². The van der Waals surface area contributed by atoms with Crippen molar-refractivity contribution in [3.63, 3.8) is 0 Å². The third-order valence-corrected chi connectivity index (χ3v) is 14.7. The number of nitrogens with zero attached hydrogens (tertiary/aromatic N) is 14. The highest BCUT2D eigenvalue weighted by Gasteiger charge is 2.31. The number of para-hydroxylation sites is 2. The van der Waals surface area contributed by atoms with Gasteiger partial charge in [-0.15, -0.1) is 20.4 Å². The summed E-state index contributed by atoms with van der Waals surface area (Å²) in [5.74, 6) is 1.04. The van der Waals surface area contributed by atoms with E-state index in [4.69, 9.17) is 18.9 Å². The van der Waals surface area contributed by atoms with E-state index >= 15 is 0 Å². The predicted molar refractivity (Wildman–Crippen MR) is 247 cm³/mol. The van der Waals surface area contributed by atoms with Crippen molar-refractivity contribution in [2.45, 2.75) is 48.7 Å². The minimum absolute atomic E-state index is 0.00978. The van der Waals surface area contributed by atoms with E-state index in [-0.39, 0.29) is 36.1 Å². The Bertz CT molecular complexity index is 3000. The van der Waals surface area contributed by atoms with Crippen LogP contribution in [-0.4, -0.2) is 126 Å². The summed E-state index contributed by atoms with van der Waals surface area (Å²) in [6.07, 6.45) is 10.0. The molecule has 8 rings (SSSR count). The second-order valence-electron chi connectivity index (χ2n) is 15.1. The fourth-order valence-electron chi connectivity index (χ4n) is 6.92. The maximum Gasteiger partial charge on any atom is 0.170 e. The van der Waals surface area contributed by atoms with Crippen LogP contribution < -0.4 is 18.9 Å². The van der Waals surface area contributed by atoms with Crippen molar-refractivity contribution in [1.82, 2.24) is 69.9 Å². The molecule has 0 radical (unpaired) electrons. The fourth-order valence-corrected chi connectivity index (χ4v) is 9.38. The van der Waals surface area contributed by atoms with Gasteiger partial charge in [0.05, 0.1) is 88.5 Å². The van der Waals surface area contributed by atoms with Crippen molar-refractivity contribution in [1.29, 1.82) is 0 Å². The van der Waals surface area contributed by atoms with Gasteiger partial charge in [-0.25, -0.2) is 45.6 Å². The van der Waals surface area contributed by atoms with E-state index < -0.39 is 53.3 Å². The second-order valence-corrected chi connectivity index (χ2v) is 20.0. The molecule has 8 aromatic rings. The first-order valence-corrected chi connectivity index (χ1v) is 24.3. The van der Waals surface area contributed by atoms with Gasteiger partial charge in [-0.05, 0) is 50.2 Å². The summed E-state index contributed by atoms with van der Waals surface area (Å²) in [5, 5.41) is 30.5. The highest BCUT2D eigenvalue weighted by Crippen LogP contribution is 2.38. The summed E-state index contributed by atoms with van der Waals surface area (Å²) in [6.45, 7) is 3.08. The molecule has 0 bridgehead atoms. The molecule has 0 aliphatic carbocycles. The third-order valence-electron chi connectivity index (χ3n) is 10.6. The van der Waals surface area contributed by atoms with Crippen LogP contribution in [0, 0.1) is 11.6 Å². The SMILES string of the molecule is COc1cccc(OC)c1-n1c(CS(=O)(=O)[C@@H](C)Cc2ncc(F)cn2)nnc1-c1ccnnc1.COc1cccc(OC)c1-n1c(CS(=O)(=O)[C@H](C)Cc2ncc(F)cn2)nnc1-c1ccnnc1. The van der Waals surface area contributed by atoms with Crippen LogP contribution in [-0.2, 0) is 44.0 Å². The lowest BCUT2D eigenvalue weighted by atomic mass is 10.2. The Hall–Kier alpha value is -8.00. The molecular weight excluding hydrogens is 955 g/mol. The highest BCUT2D eigenvalue weighted by atomic mass is 32.2. The molecule has 6 aromatic heterocycles. The van der Waals surface area contributed by atoms with Gasteiger partial charge in [0.15, 0.2) is 54.6 Å². The normalized spacial score (nSPS) is 12.3. The van der Waals surface area contributed by atoms with Gasteiger partial charge in [0.25, 0.3) is 0 Å². The van der Waals surface area contributed by atoms with Gasteiger partial charge in [-0.2, -0.15) is 20.4 Å². The summed E-state index contributed by atoms with van der Waals surface area (Å²) in [4.78, 5) is 15.5. The smallest absolute Gasteiger partial charge is 0.170 e. The summed E-state index contributed by atoms with van der Waals surface area (Å²) < 4.78 is 105. The number of halogens is 2. The lowest BCUT2D eigenvalue weighted by Gasteiger charge is -2.18. The molecule has 364 valence electrons. The molecule has 0 aliphatic rings. The highest BCUT2D eigenvalue weighted by molar-refractivity contribution is 7.91. The Kier molecular flexibility index (Phi) is 15.7. The van der Waals surface area contributed by atoms with E-state index in [0.717, 1.165) is 24.8 Å². The van der Waals surface area contributed by atoms with Gasteiger partial charge >= 0.3 is 0 Å². The molecule has 0 saturated carbocycles. The molecule has 0 fully saturated rings. The minimum atomic E-state index is -3.77. The molecule has 0 aliphatic heterocycles. The number of hydrogen-bond donors (Lipinski definition) is 0. The lowest BCUT2D eigenvalue weighted by molar-refractivity contribution is 0.390. The van der Waals surface area contributed by atoms with Crippen molar-refractivity contribution in [2.75, 3.05) is 28.4 Å². The second kappa shape index (κ2) is 22.0. The summed E-state index contributed by atoms with van der Waals surface area (Å²) in [6, 6.07) is 13.8. The van der Waals surface area contributed by atoms with E-state index in [1.165, 1.54) is 53.2 Å². The van der Waals surface area contributed by atoms with Crippen LogP contribution in [0.1, 0.15) is 37.1 Å². The first-order valence-electron chi connectivity index (χ1n) is 20.9. The molecule has 26 heteroatoms. The molecule has 0 spiro atoms. The average molecular weight is 999 g/mol. The number of hydrogen-bond acceptors (Lipinski definition) is 20. The molecular formula is C44H44F2N14O8S2. The Morgan fingerprint density at radius 3 is 1.14 bits per heavy atom. The Balaban J connectivity index is 0.000000206. The fraction of sp³-hybridized carbons (Fsp3) is 0.273. The van der Waals surface area contributed by atoms with Crippen LogP contribution in [0.4, 0.5) is 8.78 Å². The minimum Gasteiger partial charge on any atom is -0.494 e. The first-order chi connectivity index (χ1) is 33.7. The topological polar surface area (TPSA) is 270 Å². The van der Waals surface area contributed by atoms with Crippen LogP contribution in [0.15, 0.2) is 98.1 Å². The van der Waals surface area contributed by atoms with E-state index in [0.29, 0.717) is 57.1 Å². The van der Waals surface area contributed by atoms with Crippen LogP contribution in [0.2, 0.25) is 0 Å².